The van der Waals surface area contributed by atoms with Crippen LogP contribution in [0.25, 0.3) is 0 Å². The zero-order valence-electron chi connectivity index (χ0n) is 9.49. The molecule has 0 aromatic carbocycles. The smallest absolute Gasteiger partial charge is 0.409 e. The molecule has 0 spiro atoms. The zero-order chi connectivity index (χ0) is 12.2. The summed E-state index contributed by atoms with van der Waals surface area (Å²) in [6, 6.07) is 0. The molecule has 16 heavy (non-hydrogen) atoms. The van der Waals surface area contributed by atoms with Crippen LogP contribution in [0.1, 0.15) is 6.92 Å². The standard InChI is InChI=1S/C10H16N2O4/c1-4-5-16-8(13)11-10(2)6-12(7-10)9(14)15-3/h4H,1,5-7H2,2-3H3,(H,11,13). The van der Waals surface area contributed by atoms with E-state index in [9.17, 15) is 9.59 Å². The molecule has 0 unspecified atom stereocenters. The number of amides is 2. The number of ether oxygens (including phenoxy) is 2. The van der Waals surface area contributed by atoms with Gasteiger partial charge in [-0.05, 0) is 6.92 Å². The number of carbonyl (C=O) groups is 2. The fourth-order valence-electron chi connectivity index (χ4n) is 1.55. The van der Waals surface area contributed by atoms with Crippen molar-refractivity contribution in [1.29, 1.82) is 0 Å². The Bertz CT molecular complexity index is 297. The Labute approximate surface area is 94.2 Å². The van der Waals surface area contributed by atoms with Gasteiger partial charge >= 0.3 is 12.2 Å². The fourth-order valence-corrected chi connectivity index (χ4v) is 1.55. The lowest BCUT2D eigenvalue weighted by molar-refractivity contribution is 0.0392. The highest BCUT2D eigenvalue weighted by Gasteiger charge is 2.43. The van der Waals surface area contributed by atoms with Crippen molar-refractivity contribution in [3.63, 3.8) is 0 Å². The first-order chi connectivity index (χ1) is 7.50. The number of alkyl carbamates (subject to hydrolysis) is 1. The van der Waals surface area contributed by atoms with Crippen LogP contribution in [0.15, 0.2) is 12.7 Å². The maximum absolute atomic E-state index is 11.2. The molecule has 1 N–H and O–H groups in total. The van der Waals surface area contributed by atoms with E-state index >= 15 is 0 Å². The summed E-state index contributed by atoms with van der Waals surface area (Å²) >= 11 is 0. The molecule has 1 aliphatic heterocycles. The van der Waals surface area contributed by atoms with E-state index in [0.29, 0.717) is 13.1 Å². The molecule has 0 radical (unpaired) electrons. The van der Waals surface area contributed by atoms with E-state index in [2.05, 4.69) is 16.6 Å². The molecule has 1 saturated heterocycles. The number of methoxy groups -OCH3 is 1. The number of nitrogens with zero attached hydrogens (tertiary/aromatic N) is 1. The number of nitrogens with one attached hydrogen (secondary N) is 1. The minimum atomic E-state index is -0.507. The average molecular weight is 228 g/mol. The van der Waals surface area contributed by atoms with Crippen LogP contribution < -0.4 is 5.32 Å². The third kappa shape index (κ3) is 2.88. The van der Waals surface area contributed by atoms with Crippen molar-refractivity contribution in [2.75, 3.05) is 26.8 Å². The lowest BCUT2D eigenvalue weighted by atomic mass is 9.93. The molecule has 0 bridgehead atoms. The normalized spacial score (nSPS) is 17.0. The fraction of sp³-hybridized carbons (Fsp3) is 0.600. The Balaban J connectivity index is 2.32. The molecule has 2 amide bonds. The lowest BCUT2D eigenvalue weighted by Gasteiger charge is -2.46. The van der Waals surface area contributed by atoms with Crippen LogP contribution in [-0.4, -0.2) is 49.4 Å². The van der Waals surface area contributed by atoms with Crippen molar-refractivity contribution < 1.29 is 19.1 Å². The van der Waals surface area contributed by atoms with Gasteiger partial charge in [0.15, 0.2) is 0 Å². The SMILES string of the molecule is C=CCOC(=O)NC1(C)CN(C(=O)OC)C1. The van der Waals surface area contributed by atoms with Crippen LogP contribution in [0.3, 0.4) is 0 Å². The van der Waals surface area contributed by atoms with E-state index < -0.39 is 17.7 Å². The van der Waals surface area contributed by atoms with Gasteiger partial charge in [0.25, 0.3) is 0 Å². The summed E-state index contributed by atoms with van der Waals surface area (Å²) < 4.78 is 9.33. The topological polar surface area (TPSA) is 67.9 Å². The highest BCUT2D eigenvalue weighted by Crippen LogP contribution is 2.20. The van der Waals surface area contributed by atoms with E-state index in [-0.39, 0.29) is 6.61 Å². The van der Waals surface area contributed by atoms with Gasteiger partial charge < -0.3 is 19.7 Å². The van der Waals surface area contributed by atoms with Crippen LogP contribution in [-0.2, 0) is 9.47 Å². The molecule has 0 aromatic rings. The van der Waals surface area contributed by atoms with E-state index in [4.69, 9.17) is 4.74 Å². The van der Waals surface area contributed by atoms with Crippen molar-refractivity contribution in [3.8, 4) is 0 Å². The summed E-state index contributed by atoms with van der Waals surface area (Å²) in [6.45, 7) is 6.28. The van der Waals surface area contributed by atoms with Gasteiger partial charge in [0.05, 0.1) is 12.6 Å². The summed E-state index contributed by atoms with van der Waals surface area (Å²) in [5.41, 5.74) is -0.438. The van der Waals surface area contributed by atoms with Gasteiger partial charge in [0.1, 0.15) is 6.61 Å². The van der Waals surface area contributed by atoms with E-state index in [1.54, 1.807) is 0 Å². The summed E-state index contributed by atoms with van der Waals surface area (Å²) in [7, 11) is 1.32. The average Bonchev–Trinajstić information content (AvgIpc) is 2.21. The second-order valence-electron chi connectivity index (χ2n) is 3.90. The quantitative estimate of drug-likeness (QED) is 0.723. The Morgan fingerprint density at radius 3 is 2.69 bits per heavy atom. The number of carbonyl (C=O) groups excluding carboxylic acids is 2. The summed E-state index contributed by atoms with van der Waals surface area (Å²) in [5, 5.41) is 2.68. The molecule has 90 valence electrons. The van der Waals surface area contributed by atoms with Crippen LogP contribution in [0.2, 0.25) is 0 Å². The van der Waals surface area contributed by atoms with E-state index in [0.717, 1.165) is 0 Å². The van der Waals surface area contributed by atoms with E-state index in [1.807, 2.05) is 6.92 Å². The number of rotatable bonds is 3. The maximum atomic E-state index is 11.2. The van der Waals surface area contributed by atoms with Gasteiger partial charge in [-0.15, -0.1) is 0 Å². The van der Waals surface area contributed by atoms with Crippen molar-refractivity contribution in [2.45, 2.75) is 12.5 Å². The maximum Gasteiger partial charge on any atom is 0.409 e. The van der Waals surface area contributed by atoms with E-state index in [1.165, 1.54) is 18.1 Å². The zero-order valence-corrected chi connectivity index (χ0v) is 9.49. The third-order valence-electron chi connectivity index (χ3n) is 2.25. The molecule has 6 heteroatoms. The predicted molar refractivity (Wildman–Crippen MR) is 57.1 cm³/mol. The summed E-state index contributed by atoms with van der Waals surface area (Å²) in [5.74, 6) is 0. The summed E-state index contributed by atoms with van der Waals surface area (Å²) in [6.07, 6.45) is 0.592. The van der Waals surface area contributed by atoms with Gasteiger partial charge in [0.2, 0.25) is 0 Å². The Hall–Kier alpha value is -1.72. The summed E-state index contributed by atoms with van der Waals surface area (Å²) in [4.78, 5) is 23.8. The number of hydrogen-bond donors (Lipinski definition) is 1. The van der Waals surface area contributed by atoms with Gasteiger partial charge in [0, 0.05) is 13.1 Å². The first-order valence-electron chi connectivity index (χ1n) is 4.89. The Morgan fingerprint density at radius 1 is 1.56 bits per heavy atom. The van der Waals surface area contributed by atoms with Crippen LogP contribution in [0.5, 0.6) is 0 Å². The molecule has 1 aliphatic rings. The second-order valence-corrected chi connectivity index (χ2v) is 3.90. The van der Waals surface area contributed by atoms with Crippen molar-refractivity contribution >= 4 is 12.2 Å². The van der Waals surface area contributed by atoms with Crippen LogP contribution in [0, 0.1) is 0 Å². The van der Waals surface area contributed by atoms with Crippen LogP contribution in [0.4, 0.5) is 9.59 Å². The monoisotopic (exact) mass is 228 g/mol. The largest absolute Gasteiger partial charge is 0.453 e. The molecule has 1 fully saturated rings. The minimum Gasteiger partial charge on any atom is -0.453 e. The molecular formula is C10H16N2O4. The lowest BCUT2D eigenvalue weighted by Crippen LogP contribution is -2.69. The number of hydrogen-bond acceptors (Lipinski definition) is 4. The minimum absolute atomic E-state index is 0.169. The van der Waals surface area contributed by atoms with Crippen LogP contribution >= 0.6 is 0 Å². The molecule has 1 heterocycles. The Kier molecular flexibility index (Phi) is 3.76. The highest BCUT2D eigenvalue weighted by atomic mass is 16.6. The highest BCUT2D eigenvalue weighted by molar-refractivity contribution is 5.72. The first kappa shape index (κ1) is 12.4. The molecule has 0 saturated carbocycles. The Morgan fingerprint density at radius 2 is 2.19 bits per heavy atom. The molecule has 1 rings (SSSR count). The molecule has 0 aromatic heterocycles. The van der Waals surface area contributed by atoms with Crippen molar-refractivity contribution in [1.82, 2.24) is 10.2 Å². The third-order valence-corrected chi connectivity index (χ3v) is 2.25. The number of likely N-dealkylation sites (tertiary alicyclic amines) is 1. The first-order valence-corrected chi connectivity index (χ1v) is 4.89. The van der Waals surface area contributed by atoms with Crippen molar-refractivity contribution in [2.24, 2.45) is 0 Å². The van der Waals surface area contributed by atoms with Gasteiger partial charge in [-0.25, -0.2) is 9.59 Å². The molecular weight excluding hydrogens is 212 g/mol. The molecule has 0 atom stereocenters. The molecule has 6 nitrogen and oxygen atoms in total. The second kappa shape index (κ2) is 4.87. The molecule has 0 aliphatic carbocycles. The van der Waals surface area contributed by atoms with Gasteiger partial charge in [-0.1, -0.05) is 12.7 Å². The predicted octanol–water partition coefficient (Wildman–Crippen LogP) is 0.739. The van der Waals surface area contributed by atoms with Gasteiger partial charge in [-0.3, -0.25) is 0 Å². The van der Waals surface area contributed by atoms with Crippen molar-refractivity contribution in [3.05, 3.63) is 12.7 Å². The van der Waals surface area contributed by atoms with Gasteiger partial charge in [-0.2, -0.15) is 0 Å².